The van der Waals surface area contributed by atoms with Gasteiger partial charge in [-0.15, -0.1) is 0 Å². The normalized spacial score (nSPS) is 12.5. The maximum atomic E-state index is 11.1. The third kappa shape index (κ3) is 8.01. The lowest BCUT2D eigenvalue weighted by Crippen LogP contribution is -2.38. The first-order valence-corrected chi connectivity index (χ1v) is 5.30. The molecule has 0 radical (unpaired) electrons. The van der Waals surface area contributed by atoms with Gasteiger partial charge in [0.2, 0.25) is 5.91 Å². The average Bonchev–Trinajstić information content (AvgIpc) is 2.16. The van der Waals surface area contributed by atoms with Gasteiger partial charge in [-0.25, -0.2) is 0 Å². The van der Waals surface area contributed by atoms with Crippen molar-refractivity contribution in [1.29, 1.82) is 0 Å². The zero-order valence-electron chi connectivity index (χ0n) is 9.21. The molecule has 0 bridgehead atoms. The van der Waals surface area contributed by atoms with E-state index in [1.54, 1.807) is 0 Å². The number of nitrogens with one attached hydrogen (secondary N) is 1. The molecular weight excluding hydrogens is 180 g/mol. The minimum atomic E-state index is -0.0787. The standard InChI is InChI=1S/C10H22N2O2/c1-3-5-9(11)7-12-10(13)8-14-6-4-2/h9H,3-8,11H2,1-2H3,(H,12,13). The number of carbonyl (C=O) groups excluding carboxylic acids is 1. The number of rotatable bonds is 8. The van der Waals surface area contributed by atoms with Crippen LogP contribution < -0.4 is 11.1 Å². The average molecular weight is 202 g/mol. The summed E-state index contributed by atoms with van der Waals surface area (Å²) in [5.74, 6) is -0.0787. The number of ether oxygens (including phenoxy) is 1. The molecule has 14 heavy (non-hydrogen) atoms. The first-order chi connectivity index (χ1) is 6.70. The molecule has 0 aromatic heterocycles. The lowest BCUT2D eigenvalue weighted by atomic mass is 10.2. The Bertz CT molecular complexity index is 151. The summed E-state index contributed by atoms with van der Waals surface area (Å²) in [6, 6.07) is 0.0649. The van der Waals surface area contributed by atoms with Gasteiger partial charge in [-0.3, -0.25) is 4.79 Å². The lowest BCUT2D eigenvalue weighted by Gasteiger charge is -2.11. The highest BCUT2D eigenvalue weighted by molar-refractivity contribution is 5.77. The van der Waals surface area contributed by atoms with Crippen LogP contribution in [0.4, 0.5) is 0 Å². The Balaban J connectivity index is 3.34. The zero-order chi connectivity index (χ0) is 10.8. The van der Waals surface area contributed by atoms with Gasteiger partial charge in [-0.2, -0.15) is 0 Å². The molecule has 4 nitrogen and oxygen atoms in total. The Morgan fingerprint density at radius 3 is 2.71 bits per heavy atom. The Morgan fingerprint density at radius 2 is 2.14 bits per heavy atom. The Labute approximate surface area is 86.2 Å². The van der Waals surface area contributed by atoms with Crippen LogP contribution in [0.15, 0.2) is 0 Å². The summed E-state index contributed by atoms with van der Waals surface area (Å²) < 4.78 is 5.08. The van der Waals surface area contributed by atoms with E-state index in [0.717, 1.165) is 19.3 Å². The molecule has 3 N–H and O–H groups in total. The minimum Gasteiger partial charge on any atom is -0.372 e. The fourth-order valence-electron chi connectivity index (χ4n) is 1.08. The maximum Gasteiger partial charge on any atom is 0.246 e. The molecule has 0 saturated heterocycles. The Morgan fingerprint density at radius 1 is 1.43 bits per heavy atom. The summed E-state index contributed by atoms with van der Waals surface area (Å²) >= 11 is 0. The van der Waals surface area contributed by atoms with Crippen molar-refractivity contribution in [2.24, 2.45) is 5.73 Å². The molecule has 0 heterocycles. The fraction of sp³-hybridized carbons (Fsp3) is 0.900. The van der Waals surface area contributed by atoms with Gasteiger partial charge in [0.1, 0.15) is 6.61 Å². The van der Waals surface area contributed by atoms with Crippen LogP contribution in [0.5, 0.6) is 0 Å². The van der Waals surface area contributed by atoms with Crippen LogP contribution in [-0.2, 0) is 9.53 Å². The zero-order valence-corrected chi connectivity index (χ0v) is 9.21. The van der Waals surface area contributed by atoms with Gasteiger partial charge in [0.05, 0.1) is 0 Å². The molecule has 0 aromatic rings. The van der Waals surface area contributed by atoms with Crippen molar-refractivity contribution in [2.45, 2.75) is 39.2 Å². The van der Waals surface area contributed by atoms with Gasteiger partial charge < -0.3 is 15.8 Å². The monoisotopic (exact) mass is 202 g/mol. The van der Waals surface area contributed by atoms with E-state index in [1.807, 2.05) is 6.92 Å². The molecule has 1 amide bonds. The lowest BCUT2D eigenvalue weighted by molar-refractivity contribution is -0.125. The van der Waals surface area contributed by atoms with E-state index in [-0.39, 0.29) is 18.6 Å². The number of amides is 1. The molecule has 0 aliphatic heterocycles. The molecule has 84 valence electrons. The van der Waals surface area contributed by atoms with E-state index in [4.69, 9.17) is 10.5 Å². The van der Waals surface area contributed by atoms with Crippen molar-refractivity contribution >= 4 is 5.91 Å². The van der Waals surface area contributed by atoms with Crippen molar-refractivity contribution in [3.05, 3.63) is 0 Å². The predicted molar refractivity (Wildman–Crippen MR) is 57.0 cm³/mol. The summed E-state index contributed by atoms with van der Waals surface area (Å²) in [5, 5.41) is 2.74. The summed E-state index contributed by atoms with van der Waals surface area (Å²) in [7, 11) is 0. The number of nitrogens with two attached hydrogens (primary N) is 1. The van der Waals surface area contributed by atoms with Gasteiger partial charge in [0, 0.05) is 19.2 Å². The maximum absolute atomic E-state index is 11.1. The van der Waals surface area contributed by atoms with E-state index in [1.165, 1.54) is 0 Å². The van der Waals surface area contributed by atoms with Crippen molar-refractivity contribution < 1.29 is 9.53 Å². The second-order valence-corrected chi connectivity index (χ2v) is 3.41. The SMILES string of the molecule is CCCOCC(=O)NCC(N)CCC. The van der Waals surface area contributed by atoms with Crippen molar-refractivity contribution in [2.75, 3.05) is 19.8 Å². The van der Waals surface area contributed by atoms with Gasteiger partial charge in [0.15, 0.2) is 0 Å². The van der Waals surface area contributed by atoms with Crippen LogP contribution in [0.2, 0.25) is 0 Å². The largest absolute Gasteiger partial charge is 0.372 e. The first kappa shape index (κ1) is 13.4. The third-order valence-electron chi connectivity index (χ3n) is 1.80. The summed E-state index contributed by atoms with van der Waals surface area (Å²) in [6.45, 7) is 5.41. The van der Waals surface area contributed by atoms with E-state index >= 15 is 0 Å². The van der Waals surface area contributed by atoms with Crippen molar-refractivity contribution in [3.63, 3.8) is 0 Å². The molecular formula is C10H22N2O2. The highest BCUT2D eigenvalue weighted by atomic mass is 16.5. The summed E-state index contributed by atoms with van der Waals surface area (Å²) in [6.07, 6.45) is 2.92. The van der Waals surface area contributed by atoms with Crippen LogP contribution in [-0.4, -0.2) is 31.7 Å². The first-order valence-electron chi connectivity index (χ1n) is 5.30. The highest BCUT2D eigenvalue weighted by Gasteiger charge is 2.04. The quantitative estimate of drug-likeness (QED) is 0.568. The van der Waals surface area contributed by atoms with Crippen LogP contribution in [0.3, 0.4) is 0 Å². The Kier molecular flexibility index (Phi) is 8.57. The molecule has 0 saturated carbocycles. The highest BCUT2D eigenvalue weighted by Crippen LogP contribution is 1.90. The van der Waals surface area contributed by atoms with E-state index in [0.29, 0.717) is 13.2 Å². The van der Waals surface area contributed by atoms with Crippen molar-refractivity contribution in [1.82, 2.24) is 5.32 Å². The topological polar surface area (TPSA) is 64.3 Å². The van der Waals surface area contributed by atoms with Crippen LogP contribution >= 0.6 is 0 Å². The van der Waals surface area contributed by atoms with E-state index < -0.39 is 0 Å². The Hall–Kier alpha value is -0.610. The van der Waals surface area contributed by atoms with Gasteiger partial charge in [-0.1, -0.05) is 20.3 Å². The minimum absolute atomic E-state index is 0.0649. The van der Waals surface area contributed by atoms with Gasteiger partial charge >= 0.3 is 0 Å². The molecule has 0 aromatic carbocycles. The van der Waals surface area contributed by atoms with Crippen LogP contribution in [0, 0.1) is 0 Å². The summed E-state index contributed by atoms with van der Waals surface area (Å²) in [4.78, 5) is 11.1. The van der Waals surface area contributed by atoms with Crippen LogP contribution in [0.25, 0.3) is 0 Å². The molecule has 0 fully saturated rings. The molecule has 0 spiro atoms. The second-order valence-electron chi connectivity index (χ2n) is 3.41. The van der Waals surface area contributed by atoms with E-state index in [9.17, 15) is 4.79 Å². The molecule has 4 heteroatoms. The van der Waals surface area contributed by atoms with E-state index in [2.05, 4.69) is 12.2 Å². The molecule has 0 aliphatic rings. The van der Waals surface area contributed by atoms with Crippen LogP contribution in [0.1, 0.15) is 33.1 Å². The number of hydrogen-bond donors (Lipinski definition) is 2. The van der Waals surface area contributed by atoms with Gasteiger partial charge in [0.25, 0.3) is 0 Å². The summed E-state index contributed by atoms with van der Waals surface area (Å²) in [5.41, 5.74) is 5.73. The molecule has 1 atom stereocenters. The molecule has 1 unspecified atom stereocenters. The predicted octanol–water partition coefficient (Wildman–Crippen LogP) is 0.657. The third-order valence-corrected chi connectivity index (χ3v) is 1.80. The van der Waals surface area contributed by atoms with Gasteiger partial charge in [-0.05, 0) is 12.8 Å². The second kappa shape index (κ2) is 8.97. The smallest absolute Gasteiger partial charge is 0.246 e. The number of carbonyl (C=O) groups is 1. The number of hydrogen-bond acceptors (Lipinski definition) is 3. The molecule has 0 aliphatic carbocycles. The van der Waals surface area contributed by atoms with Crippen molar-refractivity contribution in [3.8, 4) is 0 Å². The fourth-order valence-corrected chi connectivity index (χ4v) is 1.08. The molecule has 0 rings (SSSR count).